The van der Waals surface area contributed by atoms with E-state index in [9.17, 15) is 4.79 Å². The molecular weight excluding hydrogens is 213 g/mol. The van der Waals surface area contributed by atoms with Crippen LogP contribution in [0.25, 0.3) is 0 Å². The minimum Gasteiger partial charge on any atom is -0.457 e. The lowest BCUT2D eigenvalue weighted by molar-refractivity contribution is 0.0535. The number of esters is 1. The summed E-state index contributed by atoms with van der Waals surface area (Å²) in [6.45, 7) is 2.43. The van der Waals surface area contributed by atoms with Crippen LogP contribution in [0.4, 0.5) is 0 Å². The number of carbonyl (C=O) groups is 1. The van der Waals surface area contributed by atoms with Crippen molar-refractivity contribution in [3.8, 4) is 0 Å². The summed E-state index contributed by atoms with van der Waals surface area (Å²) in [5, 5.41) is -0.129. The molecule has 1 aromatic carbocycles. The standard InChI is InChI=1S/C11H13B3O3/c1-5-7-4-16-9(15)6(7)2-3-8(5)10(12)11(13,14)17-10/h2-3H,4,12-14H2,1H3. The average molecular weight is 226 g/mol. The third-order valence-electron chi connectivity index (χ3n) is 4.25. The minimum absolute atomic E-state index is 0.129. The first kappa shape index (κ1) is 11.0. The molecule has 0 bridgehead atoms. The highest BCUT2D eigenvalue weighted by atomic mass is 16.6. The number of cyclic esters (lactones) is 1. The van der Waals surface area contributed by atoms with E-state index in [4.69, 9.17) is 9.47 Å². The van der Waals surface area contributed by atoms with Crippen molar-refractivity contribution in [3.63, 3.8) is 0 Å². The molecule has 84 valence electrons. The van der Waals surface area contributed by atoms with Gasteiger partial charge in [0.25, 0.3) is 0 Å². The van der Waals surface area contributed by atoms with Gasteiger partial charge in [-0.1, -0.05) is 6.07 Å². The minimum atomic E-state index is -0.238. The van der Waals surface area contributed by atoms with E-state index >= 15 is 0 Å². The van der Waals surface area contributed by atoms with E-state index in [2.05, 4.69) is 23.5 Å². The van der Waals surface area contributed by atoms with Gasteiger partial charge in [0.15, 0.2) is 7.85 Å². The molecule has 2 aliphatic rings. The van der Waals surface area contributed by atoms with E-state index in [0.717, 1.165) is 11.1 Å². The van der Waals surface area contributed by atoms with Crippen LogP contribution in [0.2, 0.25) is 0 Å². The van der Waals surface area contributed by atoms with Crippen molar-refractivity contribution in [1.29, 1.82) is 0 Å². The summed E-state index contributed by atoms with van der Waals surface area (Å²) in [6, 6.07) is 3.85. The molecule has 17 heavy (non-hydrogen) atoms. The fourth-order valence-electron chi connectivity index (χ4n) is 2.73. The summed E-state index contributed by atoms with van der Waals surface area (Å²) in [4.78, 5) is 11.5. The second-order valence-corrected chi connectivity index (χ2v) is 5.49. The first-order valence-electron chi connectivity index (χ1n) is 5.87. The molecule has 0 amide bonds. The van der Waals surface area contributed by atoms with Crippen LogP contribution >= 0.6 is 0 Å². The van der Waals surface area contributed by atoms with Crippen molar-refractivity contribution in [2.24, 2.45) is 0 Å². The summed E-state index contributed by atoms with van der Waals surface area (Å²) < 4.78 is 10.9. The molecule has 3 nitrogen and oxygen atoms in total. The number of fused-ring (bicyclic) bond motifs is 1. The highest BCUT2D eigenvalue weighted by Gasteiger charge is 2.60. The van der Waals surface area contributed by atoms with Crippen molar-refractivity contribution in [3.05, 3.63) is 34.4 Å². The lowest BCUT2D eigenvalue weighted by Gasteiger charge is -2.15. The average Bonchev–Trinajstić information content (AvgIpc) is 2.58. The molecule has 1 aromatic rings. The summed E-state index contributed by atoms with van der Waals surface area (Å²) in [5.74, 6) is -0.212. The zero-order valence-corrected chi connectivity index (χ0v) is 10.6. The Bertz CT molecular complexity index is 541. The van der Waals surface area contributed by atoms with Crippen LogP contribution in [0, 0.1) is 6.92 Å². The molecule has 0 aliphatic carbocycles. The number of carbonyl (C=O) groups excluding carboxylic acids is 1. The summed E-state index contributed by atoms with van der Waals surface area (Å²) >= 11 is 0. The van der Waals surface area contributed by atoms with Crippen molar-refractivity contribution in [2.45, 2.75) is 24.4 Å². The molecule has 0 saturated carbocycles. The van der Waals surface area contributed by atoms with Gasteiger partial charge in [0.2, 0.25) is 0 Å². The molecule has 0 spiro atoms. The Morgan fingerprint density at radius 2 is 1.94 bits per heavy atom. The normalized spacial score (nSPS) is 28.6. The Labute approximate surface area is 103 Å². The highest BCUT2D eigenvalue weighted by Crippen LogP contribution is 2.50. The molecule has 1 atom stereocenters. The van der Waals surface area contributed by atoms with Crippen LogP contribution in [-0.4, -0.2) is 34.9 Å². The number of rotatable bonds is 1. The molecule has 0 radical (unpaired) electrons. The van der Waals surface area contributed by atoms with E-state index in [-0.39, 0.29) is 16.9 Å². The Morgan fingerprint density at radius 1 is 1.29 bits per heavy atom. The Balaban J connectivity index is 2.14. The molecule has 2 heterocycles. The maximum Gasteiger partial charge on any atom is 0.338 e. The number of epoxide rings is 1. The first-order valence-corrected chi connectivity index (χ1v) is 5.87. The van der Waals surface area contributed by atoms with Crippen LogP contribution in [0.15, 0.2) is 12.1 Å². The Morgan fingerprint density at radius 3 is 2.53 bits per heavy atom. The SMILES string of the molecule is BC1(B)OC1(B)c1ccc2c(c1C)COC2=O. The quantitative estimate of drug-likeness (QED) is 0.328. The zero-order valence-electron chi connectivity index (χ0n) is 10.6. The van der Waals surface area contributed by atoms with E-state index in [0.29, 0.717) is 12.2 Å². The highest BCUT2D eigenvalue weighted by molar-refractivity contribution is 6.47. The monoisotopic (exact) mass is 226 g/mol. The van der Waals surface area contributed by atoms with Gasteiger partial charge in [-0.25, -0.2) is 4.79 Å². The van der Waals surface area contributed by atoms with Crippen molar-refractivity contribution in [1.82, 2.24) is 0 Å². The number of ether oxygens (including phenoxy) is 2. The third kappa shape index (κ3) is 1.27. The van der Waals surface area contributed by atoms with Gasteiger partial charge in [-0.15, -0.1) is 0 Å². The molecular formula is C11H13B3O3. The van der Waals surface area contributed by atoms with Crippen LogP contribution in [-0.2, 0) is 21.6 Å². The van der Waals surface area contributed by atoms with E-state index in [1.165, 1.54) is 5.56 Å². The largest absolute Gasteiger partial charge is 0.457 e. The summed E-state index contributed by atoms with van der Waals surface area (Å²) in [6.07, 6.45) is 0. The maximum atomic E-state index is 11.5. The van der Waals surface area contributed by atoms with E-state index in [1.54, 1.807) is 0 Å². The Hall–Kier alpha value is -1.16. The maximum absolute atomic E-state index is 11.5. The van der Waals surface area contributed by atoms with Gasteiger partial charge in [-0.3, -0.25) is 0 Å². The molecule has 1 fully saturated rings. The first-order chi connectivity index (χ1) is 7.87. The summed E-state index contributed by atoms with van der Waals surface area (Å²) in [7, 11) is 6.27. The third-order valence-corrected chi connectivity index (χ3v) is 4.25. The van der Waals surface area contributed by atoms with Crippen molar-refractivity contribution >= 4 is 29.5 Å². The van der Waals surface area contributed by atoms with E-state index < -0.39 is 0 Å². The fraction of sp³-hybridized carbons (Fsp3) is 0.364. The summed E-state index contributed by atoms with van der Waals surface area (Å²) in [5.41, 5.74) is 3.77. The Kier molecular flexibility index (Phi) is 1.93. The fourth-order valence-corrected chi connectivity index (χ4v) is 2.73. The van der Waals surface area contributed by atoms with E-state index in [1.807, 2.05) is 19.1 Å². The van der Waals surface area contributed by atoms with Crippen LogP contribution in [0.5, 0.6) is 0 Å². The molecule has 1 unspecified atom stereocenters. The van der Waals surface area contributed by atoms with Gasteiger partial charge >= 0.3 is 5.97 Å². The van der Waals surface area contributed by atoms with Crippen LogP contribution in [0.1, 0.15) is 27.0 Å². The molecule has 6 heteroatoms. The molecule has 3 rings (SSSR count). The number of hydrogen-bond acceptors (Lipinski definition) is 3. The van der Waals surface area contributed by atoms with Gasteiger partial charge < -0.3 is 9.47 Å². The van der Waals surface area contributed by atoms with Gasteiger partial charge in [0.1, 0.15) is 22.3 Å². The molecule has 1 saturated heterocycles. The second-order valence-electron chi connectivity index (χ2n) is 5.49. The van der Waals surface area contributed by atoms with Crippen LogP contribution < -0.4 is 0 Å². The number of benzene rings is 1. The van der Waals surface area contributed by atoms with Gasteiger partial charge in [0.05, 0.1) is 11.1 Å². The molecule has 0 aromatic heterocycles. The van der Waals surface area contributed by atoms with Gasteiger partial charge in [0, 0.05) is 11.0 Å². The molecule has 2 aliphatic heterocycles. The number of hydrogen-bond donors (Lipinski definition) is 0. The topological polar surface area (TPSA) is 38.8 Å². The second kappa shape index (κ2) is 2.99. The van der Waals surface area contributed by atoms with Gasteiger partial charge in [-0.2, -0.15) is 0 Å². The predicted octanol–water partition coefficient (Wildman–Crippen LogP) is -1.60. The smallest absolute Gasteiger partial charge is 0.338 e. The van der Waals surface area contributed by atoms with Crippen molar-refractivity contribution in [2.75, 3.05) is 0 Å². The zero-order chi connectivity index (χ0) is 12.4. The predicted molar refractivity (Wildman–Crippen MR) is 71.4 cm³/mol. The lowest BCUT2D eigenvalue weighted by atomic mass is 9.54. The van der Waals surface area contributed by atoms with Crippen LogP contribution in [0.3, 0.4) is 0 Å². The lowest BCUT2D eigenvalue weighted by Crippen LogP contribution is -2.26. The van der Waals surface area contributed by atoms with Crippen molar-refractivity contribution < 1.29 is 14.3 Å². The molecule has 0 N–H and O–H groups in total. The van der Waals surface area contributed by atoms with Gasteiger partial charge in [-0.05, 0) is 24.1 Å².